The number of hydrogen-bond donors (Lipinski definition) is 1. The lowest BCUT2D eigenvalue weighted by Crippen LogP contribution is -2.05. The third-order valence-electron chi connectivity index (χ3n) is 4.49. The normalized spacial score (nSPS) is 12.0. The molecular weight excluding hydrogens is 318 g/mol. The van der Waals surface area contributed by atoms with Crippen LogP contribution in [-0.2, 0) is 4.79 Å². The fourth-order valence-electron chi connectivity index (χ4n) is 3.29. The lowest BCUT2D eigenvalue weighted by Gasteiger charge is -2.12. The van der Waals surface area contributed by atoms with Gasteiger partial charge in [-0.05, 0) is 51.6 Å². The molecule has 1 aliphatic rings. The zero-order valence-electron chi connectivity index (χ0n) is 14.6. The van der Waals surface area contributed by atoms with Gasteiger partial charge >= 0.3 is 0 Å². The Balaban J connectivity index is 1.83. The highest BCUT2D eigenvalue weighted by molar-refractivity contribution is 6.00. The maximum atomic E-state index is 11.2. The molecule has 4 rings (SSSR count). The fraction of sp³-hybridized carbons (Fsp3) is 0.0417. The number of amides is 1. The van der Waals surface area contributed by atoms with Gasteiger partial charge in [0.05, 0.1) is 0 Å². The highest BCUT2D eigenvalue weighted by atomic mass is 16.1. The first-order valence-corrected chi connectivity index (χ1v) is 8.67. The molecule has 0 heterocycles. The molecule has 1 amide bonds. The van der Waals surface area contributed by atoms with Crippen molar-refractivity contribution in [2.24, 2.45) is 0 Å². The van der Waals surface area contributed by atoms with Gasteiger partial charge in [0.1, 0.15) is 0 Å². The van der Waals surface area contributed by atoms with Gasteiger partial charge in [-0.3, -0.25) is 4.79 Å². The average molecular weight is 337 g/mol. The Labute approximate surface area is 153 Å². The summed E-state index contributed by atoms with van der Waals surface area (Å²) in [6, 6.07) is 24.8. The van der Waals surface area contributed by atoms with Crippen molar-refractivity contribution >= 4 is 35.4 Å². The van der Waals surface area contributed by atoms with Crippen LogP contribution in [0.3, 0.4) is 0 Å². The van der Waals surface area contributed by atoms with Gasteiger partial charge < -0.3 is 5.32 Å². The molecule has 26 heavy (non-hydrogen) atoms. The van der Waals surface area contributed by atoms with Gasteiger partial charge in [0.2, 0.25) is 5.91 Å². The highest BCUT2D eigenvalue weighted by Gasteiger charge is 2.14. The first-order valence-electron chi connectivity index (χ1n) is 8.67. The number of nitrogens with one attached hydrogen (secondary N) is 1. The summed E-state index contributed by atoms with van der Waals surface area (Å²) in [4.78, 5) is 11.2. The van der Waals surface area contributed by atoms with E-state index in [-0.39, 0.29) is 5.91 Å². The van der Waals surface area contributed by atoms with Crippen LogP contribution in [0.4, 0.5) is 5.69 Å². The zero-order chi connectivity index (χ0) is 17.9. The van der Waals surface area contributed by atoms with Gasteiger partial charge in [0.25, 0.3) is 0 Å². The lowest BCUT2D eigenvalue weighted by atomic mass is 9.92. The molecule has 0 unspecified atom stereocenters. The van der Waals surface area contributed by atoms with Crippen LogP contribution in [0.25, 0.3) is 23.8 Å². The molecule has 0 atom stereocenters. The zero-order valence-corrected chi connectivity index (χ0v) is 14.6. The first kappa shape index (κ1) is 16.1. The molecule has 126 valence electrons. The van der Waals surface area contributed by atoms with Crippen molar-refractivity contribution in [1.82, 2.24) is 0 Å². The van der Waals surface area contributed by atoms with Gasteiger partial charge in [-0.25, -0.2) is 0 Å². The number of anilines is 1. The molecule has 1 N–H and O–H groups in total. The Morgan fingerprint density at radius 3 is 1.85 bits per heavy atom. The third-order valence-corrected chi connectivity index (χ3v) is 4.49. The topological polar surface area (TPSA) is 29.1 Å². The van der Waals surface area contributed by atoms with Crippen LogP contribution < -0.4 is 5.32 Å². The number of rotatable bonds is 2. The quantitative estimate of drug-likeness (QED) is 0.498. The summed E-state index contributed by atoms with van der Waals surface area (Å²) in [7, 11) is 0. The summed E-state index contributed by atoms with van der Waals surface area (Å²) < 4.78 is 0. The van der Waals surface area contributed by atoms with E-state index < -0.39 is 0 Å². The number of hydrogen-bond acceptors (Lipinski definition) is 1. The van der Waals surface area contributed by atoms with E-state index >= 15 is 0 Å². The Kier molecular flexibility index (Phi) is 4.24. The summed E-state index contributed by atoms with van der Waals surface area (Å²) in [5.41, 5.74) is 7.98. The summed E-state index contributed by atoms with van der Waals surface area (Å²) in [6.07, 6.45) is 6.56. The van der Waals surface area contributed by atoms with E-state index in [1.54, 1.807) is 0 Å². The van der Waals surface area contributed by atoms with Gasteiger partial charge in [0, 0.05) is 12.6 Å². The minimum Gasteiger partial charge on any atom is -0.326 e. The van der Waals surface area contributed by atoms with Crippen molar-refractivity contribution < 1.29 is 4.79 Å². The van der Waals surface area contributed by atoms with Crippen LogP contribution in [0.2, 0.25) is 0 Å². The molecule has 0 spiro atoms. The van der Waals surface area contributed by atoms with Gasteiger partial charge in [0.15, 0.2) is 0 Å². The molecule has 3 aromatic carbocycles. The molecule has 2 heteroatoms. The summed E-state index contributed by atoms with van der Waals surface area (Å²) in [5, 5.41) is 2.81. The van der Waals surface area contributed by atoms with Crippen LogP contribution in [0.1, 0.15) is 34.7 Å². The highest BCUT2D eigenvalue weighted by Crippen LogP contribution is 2.35. The fourth-order valence-corrected chi connectivity index (χ4v) is 3.29. The second-order valence-corrected chi connectivity index (χ2v) is 6.37. The predicted octanol–water partition coefficient (Wildman–Crippen LogP) is 5.72. The maximum Gasteiger partial charge on any atom is 0.221 e. The molecule has 0 aromatic heterocycles. The predicted molar refractivity (Wildman–Crippen MR) is 110 cm³/mol. The van der Waals surface area contributed by atoms with E-state index in [0.717, 1.165) is 11.3 Å². The second kappa shape index (κ2) is 6.85. The van der Waals surface area contributed by atoms with Crippen molar-refractivity contribution in [3.8, 4) is 0 Å². The SMILES string of the molecule is CC(=O)Nc1ccc(C=C2c3ccccc3C=Cc3ccccc32)cc1. The lowest BCUT2D eigenvalue weighted by molar-refractivity contribution is -0.114. The molecule has 1 aliphatic carbocycles. The van der Waals surface area contributed by atoms with Crippen molar-refractivity contribution in [3.05, 3.63) is 101 Å². The van der Waals surface area contributed by atoms with Gasteiger partial charge in [-0.1, -0.05) is 72.8 Å². The summed E-state index contributed by atoms with van der Waals surface area (Å²) in [5.74, 6) is -0.0613. The van der Waals surface area contributed by atoms with E-state index in [9.17, 15) is 4.79 Å². The van der Waals surface area contributed by atoms with Crippen molar-refractivity contribution in [2.45, 2.75) is 6.92 Å². The number of benzene rings is 3. The molecular formula is C24H19NO. The Bertz CT molecular complexity index is 975. The Hall–Kier alpha value is -3.39. The second-order valence-electron chi connectivity index (χ2n) is 6.37. The Morgan fingerprint density at radius 2 is 1.31 bits per heavy atom. The van der Waals surface area contributed by atoms with E-state index in [0.29, 0.717) is 0 Å². The Morgan fingerprint density at radius 1 is 0.769 bits per heavy atom. The molecule has 3 aromatic rings. The van der Waals surface area contributed by atoms with Crippen LogP contribution in [-0.4, -0.2) is 5.91 Å². The average Bonchev–Trinajstić information content (AvgIpc) is 2.81. The van der Waals surface area contributed by atoms with E-state index in [4.69, 9.17) is 0 Å². The van der Waals surface area contributed by atoms with Crippen LogP contribution in [0.5, 0.6) is 0 Å². The van der Waals surface area contributed by atoms with E-state index in [1.807, 2.05) is 24.3 Å². The smallest absolute Gasteiger partial charge is 0.221 e. The molecule has 0 saturated carbocycles. The van der Waals surface area contributed by atoms with E-state index in [1.165, 1.54) is 34.8 Å². The van der Waals surface area contributed by atoms with E-state index in [2.05, 4.69) is 72.1 Å². The van der Waals surface area contributed by atoms with Gasteiger partial charge in [-0.2, -0.15) is 0 Å². The largest absolute Gasteiger partial charge is 0.326 e. The third kappa shape index (κ3) is 3.22. The summed E-state index contributed by atoms with van der Waals surface area (Å²) >= 11 is 0. The number of carbonyl (C=O) groups is 1. The molecule has 0 saturated heterocycles. The maximum absolute atomic E-state index is 11.2. The minimum atomic E-state index is -0.0613. The first-order chi connectivity index (χ1) is 12.7. The minimum absolute atomic E-state index is 0.0613. The molecule has 0 bridgehead atoms. The van der Waals surface area contributed by atoms with Crippen LogP contribution in [0.15, 0.2) is 72.8 Å². The molecule has 0 fully saturated rings. The van der Waals surface area contributed by atoms with Gasteiger partial charge in [-0.15, -0.1) is 0 Å². The van der Waals surface area contributed by atoms with Crippen LogP contribution >= 0.6 is 0 Å². The number of carbonyl (C=O) groups excluding carboxylic acids is 1. The molecule has 2 nitrogen and oxygen atoms in total. The summed E-state index contributed by atoms with van der Waals surface area (Å²) in [6.45, 7) is 1.52. The molecule has 0 radical (unpaired) electrons. The van der Waals surface area contributed by atoms with Crippen molar-refractivity contribution in [3.63, 3.8) is 0 Å². The number of fused-ring (bicyclic) bond motifs is 2. The van der Waals surface area contributed by atoms with Crippen LogP contribution in [0, 0.1) is 0 Å². The van der Waals surface area contributed by atoms with Crippen molar-refractivity contribution in [2.75, 3.05) is 5.32 Å². The monoisotopic (exact) mass is 337 g/mol. The van der Waals surface area contributed by atoms with Crippen molar-refractivity contribution in [1.29, 1.82) is 0 Å². The standard InChI is InChI=1S/C24H19NO/c1-17(26)25-21-14-10-18(11-15-21)16-24-22-8-4-2-6-19(22)12-13-20-7-3-5-9-23(20)24/h2-16H,1H3,(H,25,26). The molecule has 0 aliphatic heterocycles.